The predicted molar refractivity (Wildman–Crippen MR) is 135 cm³/mol. The molecular weight excluding hydrogens is 413 g/mol. The van der Waals surface area contributed by atoms with E-state index in [0.717, 1.165) is 49.9 Å². The topological polar surface area (TPSA) is 65.3 Å². The second-order valence-corrected chi connectivity index (χ2v) is 11.3. The van der Waals surface area contributed by atoms with Crippen molar-refractivity contribution in [3.05, 3.63) is 41.7 Å². The zero-order chi connectivity index (χ0) is 24.2. The van der Waals surface area contributed by atoms with Crippen LogP contribution in [-0.2, 0) is 4.79 Å². The molecule has 0 radical (unpaired) electrons. The first-order chi connectivity index (χ1) is 15.5. The van der Waals surface area contributed by atoms with Gasteiger partial charge in [-0.15, -0.1) is 0 Å². The van der Waals surface area contributed by atoms with Crippen molar-refractivity contribution in [1.82, 2.24) is 5.32 Å². The number of benzene rings is 1. The van der Waals surface area contributed by atoms with E-state index in [1.807, 2.05) is 0 Å². The number of amides is 1. The van der Waals surface area contributed by atoms with Crippen LogP contribution in [0, 0.1) is 33.9 Å². The van der Waals surface area contributed by atoms with Crippen LogP contribution in [0.25, 0.3) is 0 Å². The standard InChI is InChI=1S/C28H40FN3O/c1-6-7-24(32-26(33)17-27(2,3)4)14-20-8-9-21-15-25(19(18-30)16-28(20,21)5)31-23-12-10-22(29)11-13-23/h10-13,15,18-20,24,30H,6-9,14,16-17H2,1-5H3,(H,32,33). The van der Waals surface area contributed by atoms with E-state index in [1.165, 1.54) is 23.9 Å². The first kappa shape index (κ1) is 25.3. The van der Waals surface area contributed by atoms with Crippen LogP contribution in [0.2, 0.25) is 0 Å². The second-order valence-electron chi connectivity index (χ2n) is 11.3. The van der Waals surface area contributed by atoms with Crippen molar-refractivity contribution >= 4 is 23.5 Å². The largest absolute Gasteiger partial charge is 0.353 e. The molecule has 1 fully saturated rings. The number of hydrogen-bond acceptors (Lipinski definition) is 3. The lowest BCUT2D eigenvalue weighted by molar-refractivity contribution is -0.123. The maximum Gasteiger partial charge on any atom is 0.220 e. The Labute approximate surface area is 198 Å². The number of carbonyl (C=O) groups excluding carboxylic acids is 1. The van der Waals surface area contributed by atoms with Crippen molar-refractivity contribution in [1.29, 1.82) is 5.41 Å². The Morgan fingerprint density at radius 3 is 2.64 bits per heavy atom. The van der Waals surface area contributed by atoms with Crippen LogP contribution < -0.4 is 5.32 Å². The summed E-state index contributed by atoms with van der Waals surface area (Å²) in [5.74, 6) is 0.302. The minimum atomic E-state index is -0.271. The highest BCUT2D eigenvalue weighted by atomic mass is 19.1. The Morgan fingerprint density at radius 2 is 2.03 bits per heavy atom. The van der Waals surface area contributed by atoms with Crippen LogP contribution in [0.3, 0.4) is 0 Å². The lowest BCUT2D eigenvalue weighted by Gasteiger charge is -2.40. The molecule has 2 N–H and O–H groups in total. The van der Waals surface area contributed by atoms with Gasteiger partial charge >= 0.3 is 0 Å². The van der Waals surface area contributed by atoms with Gasteiger partial charge in [-0.05, 0) is 79.2 Å². The van der Waals surface area contributed by atoms with Crippen LogP contribution in [0.15, 0.2) is 40.9 Å². The summed E-state index contributed by atoms with van der Waals surface area (Å²) in [6, 6.07) is 6.41. The molecule has 1 aromatic carbocycles. The molecule has 1 aromatic rings. The lowest BCUT2D eigenvalue weighted by atomic mass is 9.65. The normalized spacial score (nSPS) is 27.1. The third kappa shape index (κ3) is 6.39. The third-order valence-corrected chi connectivity index (χ3v) is 7.29. The molecule has 4 nitrogen and oxygen atoms in total. The molecule has 1 saturated carbocycles. The van der Waals surface area contributed by atoms with Gasteiger partial charge in [0.05, 0.1) is 5.69 Å². The number of rotatable bonds is 8. The molecule has 4 unspecified atom stereocenters. The molecule has 2 aliphatic rings. The second kappa shape index (κ2) is 10.3. The van der Waals surface area contributed by atoms with Gasteiger partial charge in [0, 0.05) is 30.3 Å². The minimum absolute atomic E-state index is 0.0170. The Balaban J connectivity index is 1.78. The van der Waals surface area contributed by atoms with Gasteiger partial charge < -0.3 is 10.7 Å². The first-order valence-electron chi connectivity index (χ1n) is 12.4. The number of allylic oxidation sites excluding steroid dienone is 2. The quantitative estimate of drug-likeness (QED) is 0.408. The Hall–Kier alpha value is -2.30. The van der Waals surface area contributed by atoms with Gasteiger partial charge in [0.1, 0.15) is 5.82 Å². The Kier molecular flexibility index (Phi) is 7.92. The summed E-state index contributed by atoms with van der Waals surface area (Å²) in [7, 11) is 0. The van der Waals surface area contributed by atoms with E-state index in [9.17, 15) is 9.18 Å². The van der Waals surface area contributed by atoms with Crippen molar-refractivity contribution < 1.29 is 9.18 Å². The van der Waals surface area contributed by atoms with Gasteiger partial charge in [-0.3, -0.25) is 9.79 Å². The van der Waals surface area contributed by atoms with Gasteiger partial charge in [0.25, 0.3) is 0 Å². The molecule has 3 rings (SSSR count). The number of fused-ring (bicyclic) bond motifs is 1. The highest BCUT2D eigenvalue weighted by Crippen LogP contribution is 2.55. The van der Waals surface area contributed by atoms with Crippen molar-refractivity contribution in [2.45, 2.75) is 85.6 Å². The maximum atomic E-state index is 13.3. The fourth-order valence-corrected chi connectivity index (χ4v) is 5.58. The Bertz CT molecular complexity index is 912. The van der Waals surface area contributed by atoms with Gasteiger partial charge in [-0.25, -0.2) is 4.39 Å². The van der Waals surface area contributed by atoms with Gasteiger partial charge in [-0.1, -0.05) is 46.6 Å². The summed E-state index contributed by atoms with van der Waals surface area (Å²) in [6.45, 7) is 10.8. The molecule has 33 heavy (non-hydrogen) atoms. The van der Waals surface area contributed by atoms with Crippen molar-refractivity contribution in [3.8, 4) is 0 Å². The molecule has 180 valence electrons. The van der Waals surface area contributed by atoms with Crippen LogP contribution in [-0.4, -0.2) is 23.9 Å². The fraction of sp³-hybridized carbons (Fsp3) is 0.607. The summed E-state index contributed by atoms with van der Waals surface area (Å²) in [4.78, 5) is 17.4. The molecule has 0 aliphatic heterocycles. The average molecular weight is 454 g/mol. The number of halogens is 1. The average Bonchev–Trinajstić information content (AvgIpc) is 3.03. The molecule has 0 bridgehead atoms. The highest BCUT2D eigenvalue weighted by molar-refractivity contribution is 6.07. The van der Waals surface area contributed by atoms with E-state index in [2.05, 4.69) is 46.0 Å². The molecule has 5 heteroatoms. The predicted octanol–water partition coefficient (Wildman–Crippen LogP) is 7.02. The number of nitrogens with one attached hydrogen (secondary N) is 2. The van der Waals surface area contributed by atoms with Crippen molar-refractivity contribution in [2.75, 3.05) is 0 Å². The molecule has 2 aliphatic carbocycles. The van der Waals surface area contributed by atoms with Crippen LogP contribution in [0.4, 0.5) is 10.1 Å². The molecule has 4 atom stereocenters. The van der Waals surface area contributed by atoms with Crippen LogP contribution in [0.1, 0.15) is 79.6 Å². The minimum Gasteiger partial charge on any atom is -0.353 e. The van der Waals surface area contributed by atoms with E-state index in [4.69, 9.17) is 10.4 Å². The van der Waals surface area contributed by atoms with E-state index < -0.39 is 0 Å². The van der Waals surface area contributed by atoms with Gasteiger partial charge in [0.2, 0.25) is 5.91 Å². The molecule has 0 spiro atoms. The number of nitrogens with zero attached hydrogens (tertiary/aromatic N) is 1. The first-order valence-corrected chi connectivity index (χ1v) is 12.4. The highest BCUT2D eigenvalue weighted by Gasteiger charge is 2.47. The van der Waals surface area contributed by atoms with E-state index in [-0.39, 0.29) is 34.5 Å². The van der Waals surface area contributed by atoms with E-state index in [0.29, 0.717) is 12.3 Å². The molecule has 0 aromatic heterocycles. The van der Waals surface area contributed by atoms with Crippen molar-refractivity contribution in [2.24, 2.45) is 27.7 Å². The van der Waals surface area contributed by atoms with Gasteiger partial charge in [0.15, 0.2) is 0 Å². The smallest absolute Gasteiger partial charge is 0.220 e. The Morgan fingerprint density at radius 1 is 1.33 bits per heavy atom. The number of aliphatic imine (C=N–C) groups is 1. The zero-order valence-electron chi connectivity index (χ0n) is 20.9. The number of carbonyl (C=O) groups is 1. The van der Waals surface area contributed by atoms with E-state index in [1.54, 1.807) is 12.1 Å². The zero-order valence-corrected chi connectivity index (χ0v) is 20.9. The summed E-state index contributed by atoms with van der Waals surface area (Å²) in [6.07, 6.45) is 10.3. The van der Waals surface area contributed by atoms with E-state index >= 15 is 0 Å². The van der Waals surface area contributed by atoms with Crippen molar-refractivity contribution in [3.63, 3.8) is 0 Å². The molecule has 1 amide bonds. The SMILES string of the molecule is CCCC(CC1CCC2=CC(=Nc3ccc(F)cc3)C(C=N)CC21C)NC(=O)CC(C)(C)C. The summed E-state index contributed by atoms with van der Waals surface area (Å²) < 4.78 is 13.3. The molecular formula is C28H40FN3O. The van der Waals surface area contributed by atoms with Crippen LogP contribution >= 0.6 is 0 Å². The maximum absolute atomic E-state index is 13.3. The third-order valence-electron chi connectivity index (χ3n) is 7.29. The number of hydrogen-bond donors (Lipinski definition) is 2. The van der Waals surface area contributed by atoms with Gasteiger partial charge in [-0.2, -0.15) is 0 Å². The van der Waals surface area contributed by atoms with Crippen LogP contribution in [0.5, 0.6) is 0 Å². The summed E-state index contributed by atoms with van der Waals surface area (Å²) in [5.41, 5.74) is 3.02. The molecule has 0 heterocycles. The molecule has 0 saturated heterocycles. The fourth-order valence-electron chi connectivity index (χ4n) is 5.58. The lowest BCUT2D eigenvalue weighted by Crippen LogP contribution is -2.41. The monoisotopic (exact) mass is 453 g/mol. The summed E-state index contributed by atoms with van der Waals surface area (Å²) in [5, 5.41) is 11.4. The summed E-state index contributed by atoms with van der Waals surface area (Å²) >= 11 is 0.